The standard InChI is InChI=1S/C12H13FN2O3/c13-10-6-8(3-4-14-10)12(18)15-5-1-2-9(15)7-11(16)17/h3-4,6,9H,1-2,5,7H2,(H,16,17). The number of aromatic nitrogens is 1. The Kier molecular flexibility index (Phi) is 3.55. The number of halogens is 1. The molecule has 0 radical (unpaired) electrons. The molecule has 1 unspecified atom stereocenters. The van der Waals surface area contributed by atoms with Crippen molar-refractivity contribution >= 4 is 11.9 Å². The van der Waals surface area contributed by atoms with Crippen LogP contribution in [0.1, 0.15) is 29.6 Å². The molecule has 1 aromatic rings. The van der Waals surface area contributed by atoms with Gasteiger partial charge in [0.1, 0.15) is 0 Å². The summed E-state index contributed by atoms with van der Waals surface area (Å²) in [6.45, 7) is 0.515. The number of pyridine rings is 1. The summed E-state index contributed by atoms with van der Waals surface area (Å²) in [5.74, 6) is -1.98. The number of carbonyl (C=O) groups is 2. The van der Waals surface area contributed by atoms with Crippen molar-refractivity contribution < 1.29 is 19.1 Å². The minimum Gasteiger partial charge on any atom is -0.481 e. The highest BCUT2D eigenvalue weighted by molar-refractivity contribution is 5.94. The van der Waals surface area contributed by atoms with Crippen LogP contribution in [0, 0.1) is 5.95 Å². The Hall–Kier alpha value is -1.98. The van der Waals surface area contributed by atoms with Crippen LogP contribution >= 0.6 is 0 Å². The summed E-state index contributed by atoms with van der Waals surface area (Å²) in [6.07, 6.45) is 2.60. The van der Waals surface area contributed by atoms with Crippen molar-refractivity contribution in [2.75, 3.05) is 6.54 Å². The summed E-state index contributed by atoms with van der Waals surface area (Å²) in [5.41, 5.74) is 0.208. The fourth-order valence-corrected chi connectivity index (χ4v) is 2.22. The number of hydrogen-bond donors (Lipinski definition) is 1. The van der Waals surface area contributed by atoms with Crippen LogP contribution in [-0.4, -0.2) is 39.5 Å². The molecule has 0 spiro atoms. The number of amides is 1. The fraction of sp³-hybridized carbons (Fsp3) is 0.417. The second-order valence-electron chi connectivity index (χ2n) is 4.26. The number of nitrogens with zero attached hydrogens (tertiary/aromatic N) is 2. The molecule has 0 aromatic carbocycles. The van der Waals surface area contributed by atoms with E-state index >= 15 is 0 Å². The second kappa shape index (κ2) is 5.12. The molecule has 1 aliphatic heterocycles. The molecule has 96 valence electrons. The zero-order valence-electron chi connectivity index (χ0n) is 9.67. The van der Waals surface area contributed by atoms with E-state index in [2.05, 4.69) is 4.98 Å². The third-order valence-electron chi connectivity index (χ3n) is 3.02. The number of likely N-dealkylation sites (tertiary alicyclic amines) is 1. The van der Waals surface area contributed by atoms with Gasteiger partial charge in [0.05, 0.1) is 6.42 Å². The van der Waals surface area contributed by atoms with Gasteiger partial charge in [0.25, 0.3) is 5.91 Å². The zero-order valence-corrected chi connectivity index (χ0v) is 9.67. The Bertz CT molecular complexity index is 478. The van der Waals surface area contributed by atoms with E-state index in [1.54, 1.807) is 0 Å². The quantitative estimate of drug-likeness (QED) is 0.823. The van der Waals surface area contributed by atoms with Gasteiger partial charge >= 0.3 is 5.97 Å². The van der Waals surface area contributed by atoms with Crippen LogP contribution < -0.4 is 0 Å². The van der Waals surface area contributed by atoms with E-state index in [-0.39, 0.29) is 23.9 Å². The monoisotopic (exact) mass is 252 g/mol. The highest BCUT2D eigenvalue weighted by Gasteiger charge is 2.31. The summed E-state index contributed by atoms with van der Waals surface area (Å²) in [6, 6.07) is 2.20. The van der Waals surface area contributed by atoms with E-state index in [0.29, 0.717) is 13.0 Å². The first-order valence-corrected chi connectivity index (χ1v) is 5.72. The molecule has 0 aliphatic carbocycles. The molecule has 0 saturated carbocycles. The van der Waals surface area contributed by atoms with Crippen LogP contribution in [-0.2, 0) is 4.79 Å². The molecular weight excluding hydrogens is 239 g/mol. The molecule has 2 rings (SSSR count). The maximum atomic E-state index is 12.9. The van der Waals surface area contributed by atoms with Gasteiger partial charge in [-0.2, -0.15) is 4.39 Å². The minimum atomic E-state index is -0.930. The van der Waals surface area contributed by atoms with Crippen molar-refractivity contribution in [1.29, 1.82) is 0 Å². The Morgan fingerprint density at radius 2 is 2.33 bits per heavy atom. The molecule has 1 saturated heterocycles. The van der Waals surface area contributed by atoms with E-state index in [1.165, 1.54) is 17.2 Å². The first kappa shape index (κ1) is 12.5. The van der Waals surface area contributed by atoms with E-state index in [9.17, 15) is 14.0 Å². The maximum absolute atomic E-state index is 12.9. The molecular formula is C12H13FN2O3. The van der Waals surface area contributed by atoms with Crippen LogP contribution in [0.5, 0.6) is 0 Å². The smallest absolute Gasteiger partial charge is 0.305 e. The van der Waals surface area contributed by atoms with Crippen molar-refractivity contribution in [2.24, 2.45) is 0 Å². The lowest BCUT2D eigenvalue weighted by molar-refractivity contribution is -0.137. The zero-order chi connectivity index (χ0) is 13.1. The predicted molar refractivity (Wildman–Crippen MR) is 60.5 cm³/mol. The number of carbonyl (C=O) groups excluding carboxylic acids is 1. The normalized spacial score (nSPS) is 18.9. The molecule has 18 heavy (non-hydrogen) atoms. The van der Waals surface area contributed by atoms with Gasteiger partial charge in [-0.05, 0) is 18.9 Å². The van der Waals surface area contributed by atoms with Crippen molar-refractivity contribution in [3.8, 4) is 0 Å². The van der Waals surface area contributed by atoms with Crippen LogP contribution in [0.15, 0.2) is 18.3 Å². The Balaban J connectivity index is 2.15. The van der Waals surface area contributed by atoms with Gasteiger partial charge < -0.3 is 10.0 Å². The molecule has 1 fully saturated rings. The summed E-state index contributed by atoms with van der Waals surface area (Å²) in [7, 11) is 0. The average Bonchev–Trinajstić information content (AvgIpc) is 2.75. The van der Waals surface area contributed by atoms with Gasteiger partial charge in [-0.15, -0.1) is 0 Å². The van der Waals surface area contributed by atoms with E-state index < -0.39 is 11.9 Å². The van der Waals surface area contributed by atoms with Crippen molar-refractivity contribution in [3.05, 3.63) is 29.8 Å². The SMILES string of the molecule is O=C(O)CC1CCCN1C(=O)c1ccnc(F)c1. The Morgan fingerprint density at radius 3 is 3.00 bits per heavy atom. The highest BCUT2D eigenvalue weighted by atomic mass is 19.1. The van der Waals surface area contributed by atoms with Gasteiger partial charge in [-0.25, -0.2) is 4.98 Å². The average molecular weight is 252 g/mol. The molecule has 1 aliphatic rings. The predicted octanol–water partition coefficient (Wildman–Crippen LogP) is 1.30. The summed E-state index contributed by atoms with van der Waals surface area (Å²) in [5, 5.41) is 8.78. The van der Waals surface area contributed by atoms with Gasteiger partial charge in [0.15, 0.2) is 0 Å². The lowest BCUT2D eigenvalue weighted by Crippen LogP contribution is -2.36. The summed E-state index contributed by atoms with van der Waals surface area (Å²) in [4.78, 5) is 27.7. The molecule has 1 aromatic heterocycles. The summed E-state index contributed by atoms with van der Waals surface area (Å²) >= 11 is 0. The molecule has 0 bridgehead atoms. The number of hydrogen-bond acceptors (Lipinski definition) is 3. The van der Waals surface area contributed by atoms with Gasteiger partial charge in [-0.3, -0.25) is 9.59 Å². The number of aliphatic carboxylic acids is 1. The van der Waals surface area contributed by atoms with E-state index in [4.69, 9.17) is 5.11 Å². The van der Waals surface area contributed by atoms with Gasteiger partial charge in [0, 0.05) is 30.4 Å². The molecule has 1 amide bonds. The summed E-state index contributed by atoms with van der Waals surface area (Å²) < 4.78 is 12.9. The minimum absolute atomic E-state index is 0.0701. The molecule has 6 heteroatoms. The molecule has 1 N–H and O–H groups in total. The first-order chi connectivity index (χ1) is 8.58. The number of rotatable bonds is 3. The number of carboxylic acids is 1. The second-order valence-corrected chi connectivity index (χ2v) is 4.26. The largest absolute Gasteiger partial charge is 0.481 e. The van der Waals surface area contributed by atoms with Gasteiger partial charge in [-0.1, -0.05) is 0 Å². The Labute approximate surface area is 103 Å². The third-order valence-corrected chi connectivity index (χ3v) is 3.02. The molecule has 1 atom stereocenters. The first-order valence-electron chi connectivity index (χ1n) is 5.72. The van der Waals surface area contributed by atoms with E-state index in [1.807, 2.05) is 0 Å². The lowest BCUT2D eigenvalue weighted by atomic mass is 10.1. The van der Waals surface area contributed by atoms with Crippen molar-refractivity contribution in [1.82, 2.24) is 9.88 Å². The Morgan fingerprint density at radius 1 is 1.56 bits per heavy atom. The topological polar surface area (TPSA) is 70.5 Å². The molecule has 5 nitrogen and oxygen atoms in total. The van der Waals surface area contributed by atoms with Crippen LogP contribution in [0.4, 0.5) is 4.39 Å². The number of carboxylic acid groups (broad SMARTS) is 1. The van der Waals surface area contributed by atoms with Crippen LogP contribution in [0.2, 0.25) is 0 Å². The van der Waals surface area contributed by atoms with Crippen LogP contribution in [0.3, 0.4) is 0 Å². The van der Waals surface area contributed by atoms with Crippen LogP contribution in [0.25, 0.3) is 0 Å². The lowest BCUT2D eigenvalue weighted by Gasteiger charge is -2.23. The highest BCUT2D eigenvalue weighted by Crippen LogP contribution is 2.22. The van der Waals surface area contributed by atoms with Crippen molar-refractivity contribution in [2.45, 2.75) is 25.3 Å². The van der Waals surface area contributed by atoms with E-state index in [0.717, 1.165) is 12.5 Å². The fourth-order valence-electron chi connectivity index (χ4n) is 2.22. The molecule has 2 heterocycles. The van der Waals surface area contributed by atoms with Crippen molar-refractivity contribution in [3.63, 3.8) is 0 Å². The maximum Gasteiger partial charge on any atom is 0.305 e. The third kappa shape index (κ3) is 2.64. The van der Waals surface area contributed by atoms with Gasteiger partial charge in [0.2, 0.25) is 5.95 Å².